The zero-order chi connectivity index (χ0) is 8.27. The van der Waals surface area contributed by atoms with Gasteiger partial charge in [-0.15, -0.1) is 0 Å². The van der Waals surface area contributed by atoms with Crippen molar-refractivity contribution in [2.75, 3.05) is 11.9 Å². The molecule has 1 rings (SSSR count). The molecule has 1 aromatic rings. The first-order valence-corrected chi connectivity index (χ1v) is 3.46. The molecule has 3 nitrogen and oxygen atoms in total. The Bertz CT molecular complexity index is 249. The van der Waals surface area contributed by atoms with Crippen molar-refractivity contribution in [3.05, 3.63) is 17.8 Å². The third kappa shape index (κ3) is 1.63. The van der Waals surface area contributed by atoms with Crippen molar-refractivity contribution in [1.29, 1.82) is 0 Å². The SMILES string of the molecule is CCNc1ncnc(C)c1F. The smallest absolute Gasteiger partial charge is 0.186 e. The minimum atomic E-state index is -0.366. The van der Waals surface area contributed by atoms with E-state index in [0.717, 1.165) is 0 Å². The Kier molecular flexibility index (Phi) is 2.36. The van der Waals surface area contributed by atoms with Crippen molar-refractivity contribution in [3.63, 3.8) is 0 Å². The fourth-order valence-corrected chi connectivity index (χ4v) is 0.749. The van der Waals surface area contributed by atoms with Gasteiger partial charge in [0.1, 0.15) is 6.33 Å². The summed E-state index contributed by atoms with van der Waals surface area (Å²) < 4.78 is 13.0. The van der Waals surface area contributed by atoms with Gasteiger partial charge in [0.05, 0.1) is 5.69 Å². The molecule has 0 bridgehead atoms. The van der Waals surface area contributed by atoms with Crippen molar-refractivity contribution in [1.82, 2.24) is 9.97 Å². The highest BCUT2D eigenvalue weighted by Gasteiger charge is 2.04. The number of hydrogen-bond acceptors (Lipinski definition) is 3. The zero-order valence-corrected chi connectivity index (χ0v) is 6.56. The highest BCUT2D eigenvalue weighted by Crippen LogP contribution is 2.10. The molecule has 0 aliphatic carbocycles. The lowest BCUT2D eigenvalue weighted by molar-refractivity contribution is 0.605. The van der Waals surface area contributed by atoms with Gasteiger partial charge in [-0.05, 0) is 13.8 Å². The van der Waals surface area contributed by atoms with E-state index >= 15 is 0 Å². The first kappa shape index (κ1) is 7.91. The highest BCUT2D eigenvalue weighted by atomic mass is 19.1. The van der Waals surface area contributed by atoms with Gasteiger partial charge in [0, 0.05) is 6.54 Å². The van der Waals surface area contributed by atoms with E-state index in [0.29, 0.717) is 12.2 Å². The molecule has 0 aliphatic heterocycles. The lowest BCUT2D eigenvalue weighted by Crippen LogP contribution is -2.04. The van der Waals surface area contributed by atoms with Crippen LogP contribution in [0.15, 0.2) is 6.33 Å². The van der Waals surface area contributed by atoms with Crippen molar-refractivity contribution >= 4 is 5.82 Å². The van der Waals surface area contributed by atoms with Gasteiger partial charge >= 0.3 is 0 Å². The molecule has 0 saturated carbocycles. The number of nitrogens with one attached hydrogen (secondary N) is 1. The quantitative estimate of drug-likeness (QED) is 0.700. The van der Waals surface area contributed by atoms with E-state index in [1.165, 1.54) is 6.33 Å². The van der Waals surface area contributed by atoms with Crippen LogP contribution in [0.5, 0.6) is 0 Å². The maximum absolute atomic E-state index is 13.0. The van der Waals surface area contributed by atoms with Gasteiger partial charge in [0.25, 0.3) is 0 Å². The monoisotopic (exact) mass is 155 g/mol. The lowest BCUT2D eigenvalue weighted by atomic mass is 10.4. The fraction of sp³-hybridized carbons (Fsp3) is 0.429. The van der Waals surface area contributed by atoms with Gasteiger partial charge in [0.15, 0.2) is 11.6 Å². The van der Waals surface area contributed by atoms with Gasteiger partial charge in [-0.25, -0.2) is 14.4 Å². The van der Waals surface area contributed by atoms with E-state index in [4.69, 9.17) is 0 Å². The Balaban J connectivity index is 2.96. The topological polar surface area (TPSA) is 37.8 Å². The predicted molar refractivity (Wildman–Crippen MR) is 40.9 cm³/mol. The summed E-state index contributed by atoms with van der Waals surface area (Å²) in [7, 11) is 0. The number of halogens is 1. The van der Waals surface area contributed by atoms with E-state index < -0.39 is 0 Å². The van der Waals surface area contributed by atoms with Crippen LogP contribution < -0.4 is 5.32 Å². The highest BCUT2D eigenvalue weighted by molar-refractivity contribution is 5.36. The third-order valence-electron chi connectivity index (χ3n) is 1.31. The van der Waals surface area contributed by atoms with Gasteiger partial charge in [-0.1, -0.05) is 0 Å². The zero-order valence-electron chi connectivity index (χ0n) is 6.56. The van der Waals surface area contributed by atoms with Crippen molar-refractivity contribution < 1.29 is 4.39 Å². The summed E-state index contributed by atoms with van der Waals surface area (Å²) in [5, 5.41) is 2.79. The van der Waals surface area contributed by atoms with Crippen LogP contribution in [-0.4, -0.2) is 16.5 Å². The minimum Gasteiger partial charge on any atom is -0.368 e. The Hall–Kier alpha value is -1.19. The van der Waals surface area contributed by atoms with Gasteiger partial charge in [-0.3, -0.25) is 0 Å². The Morgan fingerprint density at radius 3 is 2.91 bits per heavy atom. The van der Waals surface area contributed by atoms with Crippen LogP contribution >= 0.6 is 0 Å². The number of aromatic nitrogens is 2. The van der Waals surface area contributed by atoms with Crippen LogP contribution in [0.2, 0.25) is 0 Å². The van der Waals surface area contributed by atoms with Crippen LogP contribution in [0.3, 0.4) is 0 Å². The second kappa shape index (κ2) is 3.27. The van der Waals surface area contributed by atoms with Crippen molar-refractivity contribution in [2.24, 2.45) is 0 Å². The third-order valence-corrected chi connectivity index (χ3v) is 1.31. The first-order chi connectivity index (χ1) is 5.25. The Morgan fingerprint density at radius 1 is 1.55 bits per heavy atom. The average Bonchev–Trinajstić information content (AvgIpc) is 1.99. The summed E-state index contributed by atoms with van der Waals surface area (Å²) in [6, 6.07) is 0. The Labute approximate surface area is 64.7 Å². The summed E-state index contributed by atoms with van der Waals surface area (Å²) in [6.07, 6.45) is 1.34. The number of aryl methyl sites for hydroxylation is 1. The summed E-state index contributed by atoms with van der Waals surface area (Å²) >= 11 is 0. The number of anilines is 1. The second-order valence-corrected chi connectivity index (χ2v) is 2.15. The van der Waals surface area contributed by atoms with Crippen LogP contribution in [0, 0.1) is 12.7 Å². The lowest BCUT2D eigenvalue weighted by Gasteiger charge is -2.03. The van der Waals surface area contributed by atoms with Crippen LogP contribution in [0.1, 0.15) is 12.6 Å². The molecule has 0 aliphatic rings. The largest absolute Gasteiger partial charge is 0.368 e. The second-order valence-electron chi connectivity index (χ2n) is 2.15. The summed E-state index contributed by atoms with van der Waals surface area (Å²) in [6.45, 7) is 4.15. The number of hydrogen-bond donors (Lipinski definition) is 1. The molecular weight excluding hydrogens is 145 g/mol. The predicted octanol–water partition coefficient (Wildman–Crippen LogP) is 1.36. The normalized spacial score (nSPS) is 9.73. The first-order valence-electron chi connectivity index (χ1n) is 3.46. The van der Waals surface area contributed by atoms with Gasteiger partial charge in [-0.2, -0.15) is 0 Å². The summed E-state index contributed by atoms with van der Waals surface area (Å²) in [5.74, 6) is -0.0886. The average molecular weight is 155 g/mol. The van der Waals surface area contributed by atoms with E-state index in [1.807, 2.05) is 6.92 Å². The summed E-state index contributed by atoms with van der Waals surface area (Å²) in [5.41, 5.74) is 0.371. The van der Waals surface area contributed by atoms with E-state index in [-0.39, 0.29) is 11.6 Å². The molecule has 1 heterocycles. The van der Waals surface area contributed by atoms with Crippen LogP contribution in [0.4, 0.5) is 10.2 Å². The molecule has 60 valence electrons. The van der Waals surface area contributed by atoms with Crippen molar-refractivity contribution in [3.8, 4) is 0 Å². The standard InChI is InChI=1S/C7H10FN3/c1-3-9-7-6(8)5(2)10-4-11-7/h4H,3H2,1-2H3,(H,9,10,11). The van der Waals surface area contributed by atoms with E-state index in [9.17, 15) is 4.39 Å². The molecule has 0 spiro atoms. The molecule has 0 atom stereocenters. The molecule has 0 saturated heterocycles. The van der Waals surface area contributed by atoms with Gasteiger partial charge in [0.2, 0.25) is 0 Å². The van der Waals surface area contributed by atoms with Gasteiger partial charge < -0.3 is 5.32 Å². The maximum Gasteiger partial charge on any atom is 0.186 e. The molecular formula is C7H10FN3. The van der Waals surface area contributed by atoms with Crippen molar-refractivity contribution in [2.45, 2.75) is 13.8 Å². The summed E-state index contributed by atoms with van der Waals surface area (Å²) in [4.78, 5) is 7.43. The fourth-order valence-electron chi connectivity index (χ4n) is 0.749. The van der Waals surface area contributed by atoms with E-state index in [2.05, 4.69) is 15.3 Å². The van der Waals surface area contributed by atoms with Crippen LogP contribution in [0.25, 0.3) is 0 Å². The molecule has 4 heteroatoms. The van der Waals surface area contributed by atoms with Crippen LogP contribution in [-0.2, 0) is 0 Å². The number of nitrogens with zero attached hydrogens (tertiary/aromatic N) is 2. The molecule has 0 radical (unpaired) electrons. The Morgan fingerprint density at radius 2 is 2.27 bits per heavy atom. The molecule has 0 fully saturated rings. The molecule has 0 amide bonds. The molecule has 0 aromatic carbocycles. The number of rotatable bonds is 2. The molecule has 11 heavy (non-hydrogen) atoms. The minimum absolute atomic E-state index is 0.278. The molecule has 0 unspecified atom stereocenters. The maximum atomic E-state index is 13.0. The van der Waals surface area contributed by atoms with E-state index in [1.54, 1.807) is 6.92 Å². The molecule has 1 N–H and O–H groups in total. The molecule has 1 aromatic heterocycles.